The van der Waals surface area contributed by atoms with Gasteiger partial charge >= 0.3 is 5.97 Å². The third-order valence-electron chi connectivity index (χ3n) is 5.18. The van der Waals surface area contributed by atoms with Crippen molar-refractivity contribution >= 4 is 5.97 Å². The summed E-state index contributed by atoms with van der Waals surface area (Å²) in [4.78, 5) is 16.9. The molecule has 27 heavy (non-hydrogen) atoms. The number of nitrogens with zero attached hydrogens (tertiary/aromatic N) is 2. The summed E-state index contributed by atoms with van der Waals surface area (Å²) < 4.78 is 1.54. The Hall–Kier alpha value is -2.96. The second-order valence-corrected chi connectivity index (χ2v) is 6.78. The predicted octanol–water partition coefficient (Wildman–Crippen LogP) is 3.23. The highest BCUT2D eigenvalue weighted by atomic mass is 16.6. The Balaban J connectivity index is 1.79. The van der Waals surface area contributed by atoms with E-state index in [-0.39, 0.29) is 12.3 Å². The molecule has 2 aromatic carbocycles. The predicted molar refractivity (Wildman–Crippen MR) is 101 cm³/mol. The summed E-state index contributed by atoms with van der Waals surface area (Å²) in [5.74, 6) is 4.57. The molecule has 0 fully saturated rings. The summed E-state index contributed by atoms with van der Waals surface area (Å²) in [6, 6.07) is 17.7. The SMILES string of the molecule is NOCc1ccccc1-n1nc2c(c1C(=O)O)CC(c1ccccc1)CC2. The number of carboxylic acids is 1. The van der Waals surface area contributed by atoms with E-state index in [4.69, 9.17) is 10.7 Å². The van der Waals surface area contributed by atoms with E-state index in [1.807, 2.05) is 42.5 Å². The van der Waals surface area contributed by atoms with Crippen LogP contribution in [0.5, 0.6) is 0 Å². The topological polar surface area (TPSA) is 90.4 Å². The van der Waals surface area contributed by atoms with E-state index in [1.54, 1.807) is 0 Å². The minimum atomic E-state index is -0.971. The van der Waals surface area contributed by atoms with Gasteiger partial charge in [-0.15, -0.1) is 0 Å². The van der Waals surface area contributed by atoms with Crippen LogP contribution in [0.15, 0.2) is 54.6 Å². The van der Waals surface area contributed by atoms with Crippen molar-refractivity contribution in [1.82, 2.24) is 9.78 Å². The summed E-state index contributed by atoms with van der Waals surface area (Å²) in [5, 5.41) is 14.6. The number of para-hydroxylation sites is 1. The molecule has 4 rings (SSSR count). The lowest BCUT2D eigenvalue weighted by atomic mass is 9.82. The van der Waals surface area contributed by atoms with E-state index in [0.717, 1.165) is 29.7 Å². The van der Waals surface area contributed by atoms with Gasteiger partial charge < -0.3 is 5.11 Å². The van der Waals surface area contributed by atoms with Gasteiger partial charge in [-0.3, -0.25) is 4.84 Å². The lowest BCUT2D eigenvalue weighted by molar-refractivity contribution is 0.0685. The van der Waals surface area contributed by atoms with Gasteiger partial charge in [0, 0.05) is 11.1 Å². The Morgan fingerprint density at radius 1 is 1.19 bits per heavy atom. The Kier molecular flexibility index (Phi) is 4.75. The first-order valence-electron chi connectivity index (χ1n) is 8.98. The van der Waals surface area contributed by atoms with Crippen molar-refractivity contribution < 1.29 is 14.7 Å². The molecular weight excluding hydrogens is 342 g/mol. The maximum atomic E-state index is 12.1. The summed E-state index contributed by atoms with van der Waals surface area (Å²) in [7, 11) is 0. The molecule has 6 nitrogen and oxygen atoms in total. The second-order valence-electron chi connectivity index (χ2n) is 6.78. The lowest BCUT2D eigenvalue weighted by Gasteiger charge is -2.22. The summed E-state index contributed by atoms with van der Waals surface area (Å²) in [6.45, 7) is 0.187. The van der Waals surface area contributed by atoms with Crippen molar-refractivity contribution in [3.63, 3.8) is 0 Å². The molecule has 1 atom stereocenters. The van der Waals surface area contributed by atoms with Gasteiger partial charge in [0.1, 0.15) is 0 Å². The Bertz CT molecular complexity index is 966. The van der Waals surface area contributed by atoms with Gasteiger partial charge in [0.25, 0.3) is 0 Å². The first-order valence-corrected chi connectivity index (χ1v) is 8.98. The molecule has 0 spiro atoms. The number of fused-ring (bicyclic) bond motifs is 1. The molecule has 1 aliphatic rings. The van der Waals surface area contributed by atoms with Crippen LogP contribution in [0.1, 0.15) is 45.2 Å². The highest BCUT2D eigenvalue weighted by Crippen LogP contribution is 2.35. The number of aromatic carboxylic acids is 1. The molecule has 0 saturated carbocycles. The summed E-state index contributed by atoms with van der Waals surface area (Å²) in [6.07, 6.45) is 2.40. The monoisotopic (exact) mass is 363 g/mol. The molecule has 3 N–H and O–H groups in total. The van der Waals surface area contributed by atoms with E-state index in [0.29, 0.717) is 18.0 Å². The van der Waals surface area contributed by atoms with Crippen LogP contribution in [0.3, 0.4) is 0 Å². The molecule has 1 aromatic heterocycles. The van der Waals surface area contributed by atoms with E-state index in [2.05, 4.69) is 17.2 Å². The van der Waals surface area contributed by atoms with Crippen LogP contribution in [0, 0.1) is 0 Å². The minimum Gasteiger partial charge on any atom is -0.476 e. The van der Waals surface area contributed by atoms with Crippen molar-refractivity contribution in [3.8, 4) is 5.69 Å². The zero-order valence-corrected chi connectivity index (χ0v) is 14.8. The molecule has 1 heterocycles. The highest BCUT2D eigenvalue weighted by molar-refractivity contribution is 5.89. The van der Waals surface area contributed by atoms with E-state index in [1.165, 1.54) is 10.2 Å². The molecule has 0 aliphatic heterocycles. The fourth-order valence-electron chi connectivity index (χ4n) is 3.90. The molecule has 0 amide bonds. The first kappa shape index (κ1) is 17.5. The standard InChI is InChI=1S/C21H21N3O3/c22-27-13-16-8-4-5-9-19(16)24-20(21(25)26)17-12-15(10-11-18(17)23-24)14-6-2-1-3-7-14/h1-9,15H,10-13,22H2,(H,25,26). The average Bonchev–Trinajstić information content (AvgIpc) is 3.08. The lowest BCUT2D eigenvalue weighted by Crippen LogP contribution is -2.15. The molecule has 138 valence electrons. The molecule has 0 radical (unpaired) electrons. The van der Waals surface area contributed by atoms with Crippen LogP contribution in [-0.4, -0.2) is 20.9 Å². The number of carbonyl (C=O) groups is 1. The largest absolute Gasteiger partial charge is 0.476 e. The van der Waals surface area contributed by atoms with Crippen molar-refractivity contribution in [2.75, 3.05) is 0 Å². The number of nitrogens with two attached hydrogens (primary N) is 1. The van der Waals surface area contributed by atoms with Gasteiger partial charge in [0.2, 0.25) is 0 Å². The smallest absolute Gasteiger partial charge is 0.354 e. The van der Waals surface area contributed by atoms with Crippen LogP contribution in [-0.2, 0) is 24.3 Å². The number of hydrogen-bond acceptors (Lipinski definition) is 4. The number of benzene rings is 2. The zero-order chi connectivity index (χ0) is 18.8. The molecule has 3 aromatic rings. The second kappa shape index (κ2) is 7.34. The molecule has 1 unspecified atom stereocenters. The fourth-order valence-corrected chi connectivity index (χ4v) is 3.90. The average molecular weight is 363 g/mol. The van der Waals surface area contributed by atoms with Crippen molar-refractivity contribution in [1.29, 1.82) is 0 Å². The van der Waals surface area contributed by atoms with Crippen molar-refractivity contribution in [2.24, 2.45) is 5.90 Å². The maximum absolute atomic E-state index is 12.1. The third kappa shape index (κ3) is 3.25. The molecule has 6 heteroatoms. The van der Waals surface area contributed by atoms with Crippen molar-refractivity contribution in [2.45, 2.75) is 31.8 Å². The zero-order valence-electron chi connectivity index (χ0n) is 14.8. The van der Waals surface area contributed by atoms with Crippen LogP contribution in [0.25, 0.3) is 5.69 Å². The van der Waals surface area contributed by atoms with Crippen LogP contribution < -0.4 is 5.90 Å². The Morgan fingerprint density at radius 3 is 2.67 bits per heavy atom. The van der Waals surface area contributed by atoms with E-state index < -0.39 is 5.97 Å². The van der Waals surface area contributed by atoms with Crippen molar-refractivity contribution in [3.05, 3.63) is 82.7 Å². The third-order valence-corrected chi connectivity index (χ3v) is 5.18. The number of aryl methyl sites for hydroxylation is 1. The number of carboxylic acid groups (broad SMARTS) is 1. The molecule has 0 bridgehead atoms. The molecule has 1 aliphatic carbocycles. The van der Waals surface area contributed by atoms with Crippen LogP contribution in [0.4, 0.5) is 0 Å². The number of rotatable bonds is 5. The van der Waals surface area contributed by atoms with Crippen LogP contribution in [0.2, 0.25) is 0 Å². The normalized spacial score (nSPS) is 16.1. The van der Waals surface area contributed by atoms with E-state index >= 15 is 0 Å². The number of aromatic nitrogens is 2. The van der Waals surface area contributed by atoms with Crippen LogP contribution >= 0.6 is 0 Å². The Morgan fingerprint density at radius 2 is 1.93 bits per heavy atom. The molecular formula is C21H21N3O3. The summed E-state index contributed by atoms with van der Waals surface area (Å²) in [5.41, 5.74) is 4.64. The first-order chi connectivity index (χ1) is 13.2. The highest BCUT2D eigenvalue weighted by Gasteiger charge is 2.30. The summed E-state index contributed by atoms with van der Waals surface area (Å²) >= 11 is 0. The quantitative estimate of drug-likeness (QED) is 0.679. The van der Waals surface area contributed by atoms with Gasteiger partial charge in [-0.1, -0.05) is 48.5 Å². The number of hydrogen-bond donors (Lipinski definition) is 2. The maximum Gasteiger partial charge on any atom is 0.354 e. The van der Waals surface area contributed by atoms with Gasteiger partial charge in [-0.2, -0.15) is 5.10 Å². The van der Waals surface area contributed by atoms with Gasteiger partial charge in [-0.05, 0) is 36.8 Å². The van der Waals surface area contributed by atoms with Gasteiger partial charge in [0.05, 0.1) is 18.0 Å². The van der Waals surface area contributed by atoms with Gasteiger partial charge in [0.15, 0.2) is 5.69 Å². The molecule has 0 saturated heterocycles. The van der Waals surface area contributed by atoms with Gasteiger partial charge in [-0.25, -0.2) is 15.4 Å². The van der Waals surface area contributed by atoms with E-state index in [9.17, 15) is 9.90 Å². The minimum absolute atomic E-state index is 0.187. The fraction of sp³-hybridized carbons (Fsp3) is 0.238. The Labute approximate surface area is 157 Å².